The highest BCUT2D eigenvalue weighted by molar-refractivity contribution is 6.31. The first kappa shape index (κ1) is 28.6. The van der Waals surface area contributed by atoms with Gasteiger partial charge in [-0.2, -0.15) is 0 Å². The fourth-order valence-corrected chi connectivity index (χ4v) is 7.79. The third-order valence-corrected chi connectivity index (χ3v) is 9.66. The molecule has 3 aliphatic rings. The Bertz CT molecular complexity index is 1590. The minimum absolute atomic E-state index is 0.0879. The number of piperidine rings is 2. The second-order valence-corrected chi connectivity index (χ2v) is 12.3. The van der Waals surface area contributed by atoms with Crippen LogP contribution in [0.3, 0.4) is 0 Å². The predicted molar refractivity (Wildman–Crippen MR) is 160 cm³/mol. The van der Waals surface area contributed by atoms with Gasteiger partial charge in [-0.15, -0.1) is 0 Å². The summed E-state index contributed by atoms with van der Waals surface area (Å²) in [5, 5.41) is 7.19. The van der Waals surface area contributed by atoms with E-state index in [-0.39, 0.29) is 24.2 Å². The van der Waals surface area contributed by atoms with Crippen LogP contribution in [0.2, 0.25) is 10.0 Å². The van der Waals surface area contributed by atoms with Crippen molar-refractivity contribution in [2.75, 3.05) is 18.4 Å². The SMILES string of the molecule is Cc1ccc(F)cc1[C@H]1N(C(C(N)=O)C2CCNCC2)C(=O)C[C@@H](c2cccc(Cl)c2)[C@]12C(=O)Nc1cc(Cl)ccc12. The first-order valence-corrected chi connectivity index (χ1v) is 14.8. The number of rotatable bonds is 5. The van der Waals surface area contributed by atoms with Crippen LogP contribution in [0.15, 0.2) is 60.7 Å². The maximum Gasteiger partial charge on any atom is 0.240 e. The summed E-state index contributed by atoms with van der Waals surface area (Å²) in [5.74, 6) is -2.81. The van der Waals surface area contributed by atoms with Crippen molar-refractivity contribution in [3.05, 3.63) is 98.8 Å². The molecule has 0 aliphatic carbocycles. The number of likely N-dealkylation sites (tertiary alicyclic amines) is 1. The molecule has 42 heavy (non-hydrogen) atoms. The van der Waals surface area contributed by atoms with Gasteiger partial charge in [0.1, 0.15) is 17.3 Å². The minimum atomic E-state index is -1.46. The number of carbonyl (C=O) groups excluding carboxylic acids is 3. The number of nitrogens with zero attached hydrogens (tertiary/aromatic N) is 1. The van der Waals surface area contributed by atoms with Gasteiger partial charge in [-0.3, -0.25) is 14.4 Å². The zero-order chi connectivity index (χ0) is 29.8. The number of primary amides is 1. The van der Waals surface area contributed by atoms with E-state index in [0.717, 1.165) is 0 Å². The van der Waals surface area contributed by atoms with Crippen molar-refractivity contribution in [3.63, 3.8) is 0 Å². The lowest BCUT2D eigenvalue weighted by Gasteiger charge is -2.54. The number of aryl methyl sites for hydroxylation is 1. The number of nitrogens with one attached hydrogen (secondary N) is 2. The molecule has 4 atom stereocenters. The Balaban J connectivity index is 1.70. The lowest BCUT2D eigenvalue weighted by atomic mass is 9.57. The van der Waals surface area contributed by atoms with Gasteiger partial charge >= 0.3 is 0 Å². The number of amides is 3. The molecule has 3 heterocycles. The van der Waals surface area contributed by atoms with Crippen LogP contribution in [-0.4, -0.2) is 41.8 Å². The highest BCUT2D eigenvalue weighted by Gasteiger charge is 2.65. The van der Waals surface area contributed by atoms with Crippen molar-refractivity contribution in [1.29, 1.82) is 0 Å². The molecule has 3 aromatic carbocycles. The van der Waals surface area contributed by atoms with Crippen molar-refractivity contribution in [2.24, 2.45) is 11.7 Å². The maximum atomic E-state index is 15.1. The Kier molecular flexibility index (Phi) is 7.50. The molecule has 4 N–H and O–H groups in total. The summed E-state index contributed by atoms with van der Waals surface area (Å²) in [7, 11) is 0. The Hall–Kier alpha value is -3.46. The van der Waals surface area contributed by atoms with Gasteiger partial charge in [0.25, 0.3) is 0 Å². The fourth-order valence-electron chi connectivity index (χ4n) is 7.42. The van der Waals surface area contributed by atoms with Crippen LogP contribution in [0, 0.1) is 18.7 Å². The standard InChI is InChI=1S/C32H31Cl2FN4O3/c1-17-5-7-22(35)15-23(17)29-32(24-8-6-21(34)14-26(24)38-31(32)42)25(19-3-2-4-20(33)13-19)16-27(40)39(29)28(30(36)41)18-9-11-37-12-10-18/h2-8,13-15,18,25,28-29,37H,9-12,16H2,1H3,(H2,36,41)(H,38,42)/t25-,28?,29+,32-/m0/s1. The highest BCUT2D eigenvalue weighted by Crippen LogP contribution is 2.61. The first-order chi connectivity index (χ1) is 20.1. The van der Waals surface area contributed by atoms with E-state index < -0.39 is 35.1 Å². The van der Waals surface area contributed by atoms with E-state index in [2.05, 4.69) is 10.6 Å². The number of benzene rings is 3. The van der Waals surface area contributed by atoms with Gasteiger partial charge in [-0.25, -0.2) is 4.39 Å². The molecule has 3 aliphatic heterocycles. The predicted octanol–water partition coefficient (Wildman–Crippen LogP) is 5.24. The van der Waals surface area contributed by atoms with Crippen LogP contribution in [-0.2, 0) is 19.8 Å². The van der Waals surface area contributed by atoms with Crippen LogP contribution in [0.4, 0.5) is 10.1 Å². The van der Waals surface area contributed by atoms with Gasteiger partial charge < -0.3 is 21.3 Å². The van der Waals surface area contributed by atoms with Crippen molar-refractivity contribution in [1.82, 2.24) is 10.2 Å². The molecule has 7 nitrogen and oxygen atoms in total. The fraction of sp³-hybridized carbons (Fsp3) is 0.344. The number of carbonyl (C=O) groups is 3. The molecule has 3 aromatic rings. The van der Waals surface area contributed by atoms with E-state index in [1.807, 2.05) is 13.0 Å². The van der Waals surface area contributed by atoms with E-state index in [9.17, 15) is 14.4 Å². The molecule has 6 rings (SSSR count). The second kappa shape index (κ2) is 11.0. The zero-order valence-corrected chi connectivity index (χ0v) is 24.5. The molecule has 1 unspecified atom stereocenters. The van der Waals surface area contributed by atoms with Crippen molar-refractivity contribution < 1.29 is 18.8 Å². The lowest BCUT2D eigenvalue weighted by Crippen LogP contribution is -2.64. The normalized spacial score (nSPS) is 24.9. The Morgan fingerprint density at radius 1 is 1.05 bits per heavy atom. The summed E-state index contributed by atoms with van der Waals surface area (Å²) in [4.78, 5) is 44.0. The highest BCUT2D eigenvalue weighted by atomic mass is 35.5. The van der Waals surface area contributed by atoms with Crippen molar-refractivity contribution >= 4 is 46.6 Å². The number of nitrogens with two attached hydrogens (primary N) is 1. The Morgan fingerprint density at radius 3 is 2.50 bits per heavy atom. The first-order valence-electron chi connectivity index (χ1n) is 14.1. The smallest absolute Gasteiger partial charge is 0.240 e. The molecular weight excluding hydrogens is 578 g/mol. The van der Waals surface area contributed by atoms with E-state index in [1.54, 1.807) is 42.5 Å². The largest absolute Gasteiger partial charge is 0.368 e. The summed E-state index contributed by atoms with van der Waals surface area (Å²) in [6, 6.07) is 14.5. The van der Waals surface area contributed by atoms with Gasteiger partial charge in [0.05, 0.1) is 6.04 Å². The van der Waals surface area contributed by atoms with E-state index in [1.165, 1.54) is 17.0 Å². The molecular formula is C32H31Cl2FN4O3. The monoisotopic (exact) mass is 608 g/mol. The van der Waals surface area contributed by atoms with Gasteiger partial charge in [0, 0.05) is 28.1 Å². The summed E-state index contributed by atoms with van der Waals surface area (Å²) >= 11 is 12.8. The molecule has 0 aromatic heterocycles. The summed E-state index contributed by atoms with van der Waals surface area (Å²) in [6.07, 6.45) is 1.15. The van der Waals surface area contributed by atoms with Gasteiger partial charge in [-0.1, -0.05) is 47.5 Å². The van der Waals surface area contributed by atoms with E-state index in [0.29, 0.717) is 63.9 Å². The van der Waals surface area contributed by atoms with Gasteiger partial charge in [0.15, 0.2) is 0 Å². The number of halogens is 3. The average molecular weight is 610 g/mol. The molecule has 3 amide bonds. The number of hydrogen-bond donors (Lipinski definition) is 3. The Morgan fingerprint density at radius 2 is 1.79 bits per heavy atom. The second-order valence-electron chi connectivity index (χ2n) is 11.5. The van der Waals surface area contributed by atoms with Crippen LogP contribution < -0.4 is 16.4 Å². The molecule has 2 saturated heterocycles. The lowest BCUT2D eigenvalue weighted by molar-refractivity contribution is -0.156. The Labute approximate surface area is 253 Å². The molecule has 0 saturated carbocycles. The average Bonchev–Trinajstić information content (AvgIpc) is 3.23. The van der Waals surface area contributed by atoms with Crippen LogP contribution in [0.1, 0.15) is 53.5 Å². The molecule has 10 heteroatoms. The summed E-state index contributed by atoms with van der Waals surface area (Å²) in [5.41, 5.74) is 7.56. The van der Waals surface area contributed by atoms with Crippen LogP contribution in [0.25, 0.3) is 0 Å². The quantitative estimate of drug-likeness (QED) is 0.368. The van der Waals surface area contributed by atoms with Crippen molar-refractivity contribution in [2.45, 2.75) is 49.6 Å². The third kappa shape index (κ3) is 4.57. The zero-order valence-electron chi connectivity index (χ0n) is 23.0. The third-order valence-electron chi connectivity index (χ3n) is 9.19. The molecule has 0 bridgehead atoms. The van der Waals surface area contributed by atoms with E-state index >= 15 is 4.39 Å². The van der Waals surface area contributed by atoms with Crippen LogP contribution in [0.5, 0.6) is 0 Å². The van der Waals surface area contributed by atoms with Crippen LogP contribution >= 0.6 is 23.2 Å². The maximum absolute atomic E-state index is 15.1. The van der Waals surface area contributed by atoms with Gasteiger partial charge in [-0.05, 0) is 97.4 Å². The van der Waals surface area contributed by atoms with Gasteiger partial charge in [0.2, 0.25) is 17.7 Å². The number of fused-ring (bicyclic) bond motifs is 2. The molecule has 1 spiro atoms. The molecule has 0 radical (unpaired) electrons. The van der Waals surface area contributed by atoms with Crippen molar-refractivity contribution in [3.8, 4) is 0 Å². The molecule has 2 fully saturated rings. The minimum Gasteiger partial charge on any atom is -0.368 e. The van der Waals surface area contributed by atoms with E-state index in [4.69, 9.17) is 28.9 Å². The summed E-state index contributed by atoms with van der Waals surface area (Å²) < 4.78 is 15.1. The topological polar surface area (TPSA) is 105 Å². The number of anilines is 1. The summed E-state index contributed by atoms with van der Waals surface area (Å²) in [6.45, 7) is 3.14. The number of hydrogen-bond acceptors (Lipinski definition) is 4. The molecule has 218 valence electrons.